The van der Waals surface area contributed by atoms with Gasteiger partial charge in [0, 0.05) is 47.5 Å². The van der Waals surface area contributed by atoms with E-state index in [4.69, 9.17) is 9.47 Å². The Kier molecular flexibility index (Phi) is 11.8. The maximum Gasteiger partial charge on any atom is 0.238 e. The zero-order valence-corrected chi connectivity index (χ0v) is 23.1. The van der Waals surface area contributed by atoms with Crippen LogP contribution in [0.4, 0.5) is 11.4 Å². The van der Waals surface area contributed by atoms with E-state index in [1.807, 2.05) is 48.5 Å². The van der Waals surface area contributed by atoms with Crippen molar-refractivity contribution in [3.63, 3.8) is 0 Å². The summed E-state index contributed by atoms with van der Waals surface area (Å²) in [4.78, 5) is 31.1. The highest BCUT2D eigenvalue weighted by atomic mass is 32.2. The zero-order chi connectivity index (χ0) is 26.6. The average molecular weight is 561 g/mol. The number of carbonyl (C=O) groups excluding carboxylic acids is 2. The molecule has 2 aromatic rings. The number of aliphatic hydroxyl groups excluding tert-OH is 1. The first kappa shape index (κ1) is 28.9. The lowest BCUT2D eigenvalue weighted by Crippen LogP contribution is -2.41. The highest BCUT2D eigenvalue weighted by molar-refractivity contribution is 8.00. The Morgan fingerprint density at radius 2 is 1.13 bits per heavy atom. The van der Waals surface area contributed by atoms with Gasteiger partial charge >= 0.3 is 0 Å². The predicted octanol–water partition coefficient (Wildman–Crippen LogP) is 2.47. The number of amides is 2. The van der Waals surface area contributed by atoms with Gasteiger partial charge in [-0.25, -0.2) is 0 Å². The smallest absolute Gasteiger partial charge is 0.238 e. The van der Waals surface area contributed by atoms with Gasteiger partial charge in [-0.15, -0.1) is 23.5 Å². The van der Waals surface area contributed by atoms with Crippen LogP contribution in [-0.4, -0.2) is 110 Å². The van der Waals surface area contributed by atoms with Crippen molar-refractivity contribution in [1.29, 1.82) is 0 Å². The van der Waals surface area contributed by atoms with Crippen LogP contribution in [0.2, 0.25) is 0 Å². The van der Waals surface area contributed by atoms with Gasteiger partial charge in [-0.05, 0) is 24.3 Å². The number of aliphatic hydroxyl groups is 1. The highest BCUT2D eigenvalue weighted by Gasteiger charge is 2.17. The summed E-state index contributed by atoms with van der Waals surface area (Å²) >= 11 is 3.03. The molecule has 0 spiro atoms. The largest absolute Gasteiger partial charge is 0.391 e. The number of ether oxygens (including phenoxy) is 2. The average Bonchev–Trinajstić information content (AvgIpc) is 2.93. The lowest BCUT2D eigenvalue weighted by Gasteiger charge is -2.26. The van der Waals surface area contributed by atoms with Gasteiger partial charge in [0.2, 0.25) is 11.8 Å². The lowest BCUT2D eigenvalue weighted by molar-refractivity contribution is -0.119. The third-order valence-corrected chi connectivity index (χ3v) is 8.56. The van der Waals surface area contributed by atoms with Gasteiger partial charge in [0.25, 0.3) is 0 Å². The molecule has 4 rings (SSSR count). The molecule has 11 heteroatoms. The fourth-order valence-corrected chi connectivity index (χ4v) is 6.14. The summed E-state index contributed by atoms with van der Waals surface area (Å²) in [6.45, 7) is 6.32. The second-order valence-electron chi connectivity index (χ2n) is 9.14. The summed E-state index contributed by atoms with van der Waals surface area (Å²) in [5.41, 5.74) is 1.51. The Morgan fingerprint density at radius 3 is 1.55 bits per heavy atom. The SMILES string of the molecule is O=C(CN1CCOCC1)Nc1ccccc1SCC(O)CSc1ccccc1NC(=O)CN1CCOCC1. The van der Waals surface area contributed by atoms with Gasteiger partial charge in [0.15, 0.2) is 0 Å². The molecule has 0 bridgehead atoms. The molecular weight excluding hydrogens is 524 g/mol. The minimum atomic E-state index is -0.570. The zero-order valence-electron chi connectivity index (χ0n) is 21.5. The van der Waals surface area contributed by atoms with Crippen LogP contribution in [0.3, 0.4) is 0 Å². The monoisotopic (exact) mass is 560 g/mol. The number of hydrogen-bond acceptors (Lipinski definition) is 9. The van der Waals surface area contributed by atoms with E-state index in [9.17, 15) is 14.7 Å². The third-order valence-electron chi connectivity index (χ3n) is 6.13. The summed E-state index contributed by atoms with van der Waals surface area (Å²) in [7, 11) is 0. The fraction of sp³-hybridized carbons (Fsp3) is 0.481. The quantitative estimate of drug-likeness (QED) is 0.338. The van der Waals surface area contributed by atoms with E-state index < -0.39 is 6.10 Å². The Morgan fingerprint density at radius 1 is 0.737 bits per heavy atom. The first-order valence-corrected chi connectivity index (χ1v) is 14.9. The van der Waals surface area contributed by atoms with Crippen LogP contribution in [0.1, 0.15) is 0 Å². The number of benzene rings is 2. The number of carbonyl (C=O) groups is 2. The fourth-order valence-electron chi connectivity index (χ4n) is 4.12. The number of nitrogens with one attached hydrogen (secondary N) is 2. The maximum absolute atomic E-state index is 12.6. The Bertz CT molecular complexity index is 966. The van der Waals surface area contributed by atoms with Crippen LogP contribution in [0.5, 0.6) is 0 Å². The number of hydrogen-bond donors (Lipinski definition) is 3. The van der Waals surface area contributed by atoms with Gasteiger partial charge < -0.3 is 25.2 Å². The summed E-state index contributed by atoms with van der Waals surface area (Å²) < 4.78 is 10.7. The van der Waals surface area contributed by atoms with E-state index in [0.29, 0.717) is 51.0 Å². The van der Waals surface area contributed by atoms with Gasteiger partial charge in [-0.1, -0.05) is 24.3 Å². The molecule has 0 unspecified atom stereocenters. The summed E-state index contributed by atoms with van der Waals surface area (Å²) in [5.74, 6) is 0.857. The van der Waals surface area contributed by atoms with E-state index in [1.54, 1.807) is 0 Å². The van der Waals surface area contributed by atoms with Crippen LogP contribution < -0.4 is 10.6 Å². The second-order valence-corrected chi connectivity index (χ2v) is 11.3. The molecule has 2 fully saturated rings. The molecule has 3 N–H and O–H groups in total. The molecule has 2 aliphatic rings. The molecule has 0 atom stereocenters. The van der Waals surface area contributed by atoms with Crippen molar-refractivity contribution in [1.82, 2.24) is 9.80 Å². The molecule has 38 heavy (non-hydrogen) atoms. The topological polar surface area (TPSA) is 103 Å². The van der Waals surface area contributed by atoms with Crippen LogP contribution >= 0.6 is 23.5 Å². The first-order chi connectivity index (χ1) is 18.6. The van der Waals surface area contributed by atoms with Gasteiger partial charge in [-0.2, -0.15) is 0 Å². The number of para-hydroxylation sites is 2. The lowest BCUT2D eigenvalue weighted by atomic mass is 10.3. The number of thioether (sulfide) groups is 2. The minimum Gasteiger partial charge on any atom is -0.391 e. The Balaban J connectivity index is 1.23. The minimum absolute atomic E-state index is 0.0525. The highest BCUT2D eigenvalue weighted by Crippen LogP contribution is 2.31. The van der Waals surface area contributed by atoms with Gasteiger partial charge in [0.05, 0.1) is 57.0 Å². The molecular formula is C27H36N4O5S2. The molecule has 0 aliphatic carbocycles. The molecule has 0 radical (unpaired) electrons. The van der Waals surface area contributed by atoms with Crippen molar-refractivity contribution in [3.05, 3.63) is 48.5 Å². The molecule has 2 aliphatic heterocycles. The Hall–Kier alpha value is -2.12. The van der Waals surface area contributed by atoms with Crippen LogP contribution in [0, 0.1) is 0 Å². The number of nitrogens with zero attached hydrogens (tertiary/aromatic N) is 2. The van der Waals surface area contributed by atoms with Crippen molar-refractivity contribution in [3.8, 4) is 0 Å². The number of morpholine rings is 2. The second kappa shape index (κ2) is 15.5. The van der Waals surface area contributed by atoms with Gasteiger partial charge in [-0.3, -0.25) is 19.4 Å². The standard InChI is InChI=1S/C27H36N4O5S2/c32-21(19-37-24-7-3-1-5-22(24)28-26(33)17-30-9-13-35-14-10-30)20-38-25-8-4-2-6-23(25)29-27(34)18-31-11-15-36-16-12-31/h1-8,21,32H,9-20H2,(H,28,33)(H,29,34). The van der Waals surface area contributed by atoms with Crippen molar-refractivity contribution < 1.29 is 24.2 Å². The summed E-state index contributed by atoms with van der Waals surface area (Å²) in [6, 6.07) is 15.3. The first-order valence-electron chi connectivity index (χ1n) is 12.9. The molecule has 0 saturated carbocycles. The van der Waals surface area contributed by atoms with E-state index >= 15 is 0 Å². The van der Waals surface area contributed by atoms with Crippen LogP contribution in [0.25, 0.3) is 0 Å². The van der Waals surface area contributed by atoms with Crippen LogP contribution in [0.15, 0.2) is 58.3 Å². The predicted molar refractivity (Wildman–Crippen MR) is 152 cm³/mol. The van der Waals surface area contributed by atoms with E-state index in [-0.39, 0.29) is 11.8 Å². The molecule has 2 amide bonds. The normalized spacial score (nSPS) is 16.9. The Labute approximate surface area is 232 Å². The number of anilines is 2. The van der Waals surface area contributed by atoms with E-state index in [1.165, 1.54) is 23.5 Å². The molecule has 2 heterocycles. The van der Waals surface area contributed by atoms with Crippen LogP contribution in [-0.2, 0) is 19.1 Å². The summed E-state index contributed by atoms with van der Waals surface area (Å²) in [6.07, 6.45) is -0.570. The third kappa shape index (κ3) is 9.57. The molecule has 206 valence electrons. The molecule has 2 saturated heterocycles. The maximum atomic E-state index is 12.6. The van der Waals surface area contributed by atoms with E-state index in [0.717, 1.165) is 47.3 Å². The van der Waals surface area contributed by atoms with E-state index in [2.05, 4.69) is 20.4 Å². The van der Waals surface area contributed by atoms with Crippen molar-refractivity contribution >= 4 is 46.7 Å². The molecule has 2 aromatic carbocycles. The van der Waals surface area contributed by atoms with Crippen molar-refractivity contribution in [2.45, 2.75) is 15.9 Å². The number of rotatable bonds is 12. The van der Waals surface area contributed by atoms with Gasteiger partial charge in [0.1, 0.15) is 0 Å². The molecule has 9 nitrogen and oxygen atoms in total. The van der Waals surface area contributed by atoms with Crippen molar-refractivity contribution in [2.24, 2.45) is 0 Å². The molecule has 0 aromatic heterocycles. The summed E-state index contributed by atoms with van der Waals surface area (Å²) in [5, 5.41) is 16.7. The van der Waals surface area contributed by atoms with Crippen molar-refractivity contribution in [2.75, 3.05) is 87.8 Å².